The zero-order valence-electron chi connectivity index (χ0n) is 9.44. The number of hydrogen-bond donors (Lipinski definition) is 2. The van der Waals surface area contributed by atoms with E-state index in [-0.39, 0.29) is 11.6 Å². The van der Waals surface area contributed by atoms with E-state index in [1.165, 1.54) is 19.5 Å². The van der Waals surface area contributed by atoms with Crippen LogP contribution in [0.3, 0.4) is 0 Å². The Balaban J connectivity index is 2.40. The maximum absolute atomic E-state index is 11.4. The second-order valence-electron chi connectivity index (χ2n) is 3.35. The number of aromatic nitrogens is 2. The van der Waals surface area contributed by atoms with Gasteiger partial charge in [-0.2, -0.15) is 0 Å². The molecule has 6 nitrogen and oxygen atoms in total. The molecule has 94 valence electrons. The Morgan fingerprint density at radius 3 is 2.89 bits per heavy atom. The molecule has 0 aliphatic heterocycles. The molecule has 0 saturated carbocycles. The van der Waals surface area contributed by atoms with Gasteiger partial charge in [0.1, 0.15) is 0 Å². The molecule has 1 aromatic carbocycles. The monoisotopic (exact) mass is 267 g/mol. The molecule has 3 N–H and O–H groups in total. The number of nitrogens with one attached hydrogen (secondary N) is 1. The minimum absolute atomic E-state index is 0.0214. The highest BCUT2D eigenvalue weighted by molar-refractivity contribution is 6.30. The molecule has 0 aliphatic rings. The third kappa shape index (κ3) is 2.38. The summed E-state index contributed by atoms with van der Waals surface area (Å²) in [7, 11) is 1.35. The number of ether oxygens (including phenoxy) is 2. The van der Waals surface area contributed by atoms with E-state index in [1.54, 1.807) is 12.1 Å². The lowest BCUT2D eigenvalue weighted by Crippen LogP contribution is -2.11. The van der Waals surface area contributed by atoms with Crippen molar-refractivity contribution in [2.45, 2.75) is 0 Å². The van der Waals surface area contributed by atoms with Gasteiger partial charge in [-0.1, -0.05) is 11.6 Å². The molecule has 0 bridgehead atoms. The fourth-order valence-corrected chi connectivity index (χ4v) is 1.52. The first kappa shape index (κ1) is 12.3. The molecule has 2 rings (SSSR count). The van der Waals surface area contributed by atoms with Gasteiger partial charge in [-0.15, -0.1) is 0 Å². The highest BCUT2D eigenvalue weighted by atomic mass is 35.5. The Hall–Kier alpha value is -2.21. The van der Waals surface area contributed by atoms with E-state index in [9.17, 15) is 4.79 Å². The number of aromatic amines is 1. The van der Waals surface area contributed by atoms with Crippen LogP contribution in [-0.4, -0.2) is 17.1 Å². The number of benzene rings is 1. The van der Waals surface area contributed by atoms with Crippen molar-refractivity contribution in [1.82, 2.24) is 9.97 Å². The first-order chi connectivity index (χ1) is 8.61. The van der Waals surface area contributed by atoms with Crippen molar-refractivity contribution in [1.29, 1.82) is 0 Å². The molecular weight excluding hydrogens is 258 g/mol. The van der Waals surface area contributed by atoms with Gasteiger partial charge in [0.25, 0.3) is 11.4 Å². The Morgan fingerprint density at radius 2 is 2.22 bits per heavy atom. The summed E-state index contributed by atoms with van der Waals surface area (Å²) < 4.78 is 10.3. The lowest BCUT2D eigenvalue weighted by molar-refractivity contribution is 0.363. The third-order valence-corrected chi connectivity index (χ3v) is 2.40. The van der Waals surface area contributed by atoms with Crippen LogP contribution in [0.25, 0.3) is 0 Å². The van der Waals surface area contributed by atoms with E-state index in [1.807, 2.05) is 0 Å². The largest absolute Gasteiger partial charge is 0.487 e. The maximum Gasteiger partial charge on any atom is 0.297 e. The van der Waals surface area contributed by atoms with E-state index in [0.29, 0.717) is 16.5 Å². The van der Waals surface area contributed by atoms with Crippen LogP contribution in [0.15, 0.2) is 29.3 Å². The van der Waals surface area contributed by atoms with Crippen LogP contribution in [0.2, 0.25) is 5.02 Å². The molecule has 1 aromatic heterocycles. The normalized spacial score (nSPS) is 10.1. The van der Waals surface area contributed by atoms with Crippen molar-refractivity contribution >= 4 is 17.3 Å². The van der Waals surface area contributed by atoms with Crippen molar-refractivity contribution in [2.75, 3.05) is 12.8 Å². The predicted octanol–water partition coefficient (Wildman–Crippen LogP) is 1.81. The van der Waals surface area contributed by atoms with E-state index in [4.69, 9.17) is 26.8 Å². The summed E-state index contributed by atoms with van der Waals surface area (Å²) in [6.45, 7) is 0. The van der Waals surface area contributed by atoms with Gasteiger partial charge in [0.05, 0.1) is 19.1 Å². The highest BCUT2D eigenvalue weighted by Gasteiger charge is 2.12. The second-order valence-corrected chi connectivity index (χ2v) is 3.79. The van der Waals surface area contributed by atoms with Crippen molar-refractivity contribution in [3.05, 3.63) is 39.9 Å². The van der Waals surface area contributed by atoms with Crippen LogP contribution >= 0.6 is 11.6 Å². The molecule has 7 heteroatoms. The second kappa shape index (κ2) is 4.97. The maximum atomic E-state index is 11.4. The molecule has 0 spiro atoms. The summed E-state index contributed by atoms with van der Waals surface area (Å²) in [5, 5.41) is 0.491. The summed E-state index contributed by atoms with van der Waals surface area (Å²) in [5.74, 6) is 0.359. The summed E-state index contributed by atoms with van der Waals surface area (Å²) in [6, 6.07) is 4.74. The standard InChI is InChI=1S/C11H10ClN3O3/c1-17-9-10(16)14-5-15-11(9)18-8-3-2-6(12)4-7(8)13/h2-5H,13H2,1H3,(H,14,15,16). The smallest absolute Gasteiger partial charge is 0.297 e. The molecule has 0 radical (unpaired) electrons. The number of H-pyrrole nitrogens is 1. The number of rotatable bonds is 3. The van der Waals surface area contributed by atoms with Gasteiger partial charge in [0.15, 0.2) is 5.75 Å². The fourth-order valence-electron chi connectivity index (χ4n) is 1.34. The molecule has 0 unspecified atom stereocenters. The van der Waals surface area contributed by atoms with Gasteiger partial charge in [0.2, 0.25) is 5.75 Å². The summed E-state index contributed by atoms with van der Waals surface area (Å²) >= 11 is 5.77. The molecule has 0 fully saturated rings. The fraction of sp³-hybridized carbons (Fsp3) is 0.0909. The Bertz CT molecular complexity index is 627. The van der Waals surface area contributed by atoms with Gasteiger partial charge in [-0.3, -0.25) is 4.79 Å². The van der Waals surface area contributed by atoms with Gasteiger partial charge in [-0.25, -0.2) is 4.98 Å². The Labute approximate surface area is 107 Å². The van der Waals surface area contributed by atoms with Crippen molar-refractivity contribution < 1.29 is 9.47 Å². The van der Waals surface area contributed by atoms with Gasteiger partial charge in [0, 0.05) is 5.02 Å². The summed E-state index contributed by atoms with van der Waals surface area (Å²) in [5.41, 5.74) is 5.64. The van der Waals surface area contributed by atoms with Gasteiger partial charge < -0.3 is 20.2 Å². The first-order valence-corrected chi connectivity index (χ1v) is 5.34. The third-order valence-electron chi connectivity index (χ3n) is 2.16. The minimum atomic E-state index is -0.435. The van der Waals surface area contributed by atoms with E-state index >= 15 is 0 Å². The Kier molecular flexibility index (Phi) is 3.38. The number of nitrogens with zero attached hydrogens (tertiary/aromatic N) is 1. The van der Waals surface area contributed by atoms with Crippen LogP contribution in [0.1, 0.15) is 0 Å². The zero-order valence-corrected chi connectivity index (χ0v) is 10.2. The lowest BCUT2D eigenvalue weighted by atomic mass is 10.3. The number of halogens is 1. The summed E-state index contributed by atoms with van der Waals surface area (Å²) in [6.07, 6.45) is 1.21. The van der Waals surface area contributed by atoms with Crippen molar-refractivity contribution in [3.63, 3.8) is 0 Å². The van der Waals surface area contributed by atoms with Crippen molar-refractivity contribution in [3.8, 4) is 17.4 Å². The molecule has 0 atom stereocenters. The van der Waals surface area contributed by atoms with E-state index in [0.717, 1.165) is 0 Å². The predicted molar refractivity (Wildman–Crippen MR) is 67.3 cm³/mol. The number of methoxy groups -OCH3 is 1. The SMILES string of the molecule is COc1c(Oc2ccc(Cl)cc2N)nc[nH]c1=O. The number of nitrogens with two attached hydrogens (primary N) is 1. The lowest BCUT2D eigenvalue weighted by Gasteiger charge is -2.09. The Morgan fingerprint density at radius 1 is 1.44 bits per heavy atom. The molecule has 0 aliphatic carbocycles. The van der Waals surface area contributed by atoms with Crippen LogP contribution in [0.4, 0.5) is 5.69 Å². The average molecular weight is 268 g/mol. The topological polar surface area (TPSA) is 90.2 Å². The summed E-state index contributed by atoms with van der Waals surface area (Å²) in [4.78, 5) is 17.7. The minimum Gasteiger partial charge on any atom is -0.487 e. The van der Waals surface area contributed by atoms with Crippen LogP contribution < -0.4 is 20.8 Å². The van der Waals surface area contributed by atoms with Crippen LogP contribution in [0, 0.1) is 0 Å². The molecule has 1 heterocycles. The van der Waals surface area contributed by atoms with Gasteiger partial charge >= 0.3 is 0 Å². The number of anilines is 1. The quantitative estimate of drug-likeness (QED) is 0.828. The van der Waals surface area contributed by atoms with Crippen molar-refractivity contribution in [2.24, 2.45) is 0 Å². The number of nitrogen functional groups attached to an aromatic ring is 1. The molecule has 0 amide bonds. The van der Waals surface area contributed by atoms with E-state index < -0.39 is 5.56 Å². The average Bonchev–Trinajstić information content (AvgIpc) is 2.33. The van der Waals surface area contributed by atoms with Crippen LogP contribution in [0.5, 0.6) is 17.4 Å². The molecule has 2 aromatic rings. The first-order valence-electron chi connectivity index (χ1n) is 4.96. The molecular formula is C11H10ClN3O3. The van der Waals surface area contributed by atoms with E-state index in [2.05, 4.69) is 9.97 Å². The van der Waals surface area contributed by atoms with Crippen LogP contribution in [-0.2, 0) is 0 Å². The van der Waals surface area contributed by atoms with Gasteiger partial charge in [-0.05, 0) is 18.2 Å². The molecule has 18 heavy (non-hydrogen) atoms. The number of hydrogen-bond acceptors (Lipinski definition) is 5. The zero-order chi connectivity index (χ0) is 13.1. The highest BCUT2D eigenvalue weighted by Crippen LogP contribution is 2.31. The molecule has 0 saturated heterocycles.